The van der Waals surface area contributed by atoms with Gasteiger partial charge in [-0.1, -0.05) is 88.8 Å². The van der Waals surface area contributed by atoms with Gasteiger partial charge in [0.15, 0.2) is 0 Å². The predicted molar refractivity (Wildman–Crippen MR) is 172 cm³/mol. The van der Waals surface area contributed by atoms with Gasteiger partial charge in [-0.3, -0.25) is 23.7 Å². The highest BCUT2D eigenvalue weighted by molar-refractivity contribution is 8.00. The monoisotopic (exact) mass is 645 g/mol. The normalized spacial score (nSPS) is 19.4. The summed E-state index contributed by atoms with van der Waals surface area (Å²) in [6, 6.07) is 27.1. The largest absolute Gasteiger partial charge is 0.325 e. The van der Waals surface area contributed by atoms with Crippen LogP contribution in [0.1, 0.15) is 16.4 Å². The molecule has 0 spiro atoms. The average Bonchev–Trinajstić information content (AvgIpc) is 3.44. The van der Waals surface area contributed by atoms with Crippen LogP contribution in [0.4, 0.5) is 11.4 Å². The first-order valence-electron chi connectivity index (χ1n) is 13.4. The molecule has 3 unspecified atom stereocenters. The van der Waals surface area contributed by atoms with Gasteiger partial charge >= 0.3 is 4.87 Å². The predicted octanol–water partition coefficient (Wildman–Crippen LogP) is 6.80. The molecule has 1 fully saturated rings. The Balaban J connectivity index is 1.26. The SMILES string of the molecule is O=C(Cn1c2c(sc1=O)C(c1ccc(Cl)cc1)C1C(=O)N(c3ccc(Cl)cc3)C(=O)C1S2)Nc1ccc2ccccc2c1. The van der Waals surface area contributed by atoms with Crippen molar-refractivity contribution in [1.29, 1.82) is 0 Å². The van der Waals surface area contributed by atoms with E-state index in [1.54, 1.807) is 36.4 Å². The van der Waals surface area contributed by atoms with E-state index in [0.717, 1.165) is 27.7 Å². The summed E-state index contributed by atoms with van der Waals surface area (Å²) in [6.07, 6.45) is 0. The summed E-state index contributed by atoms with van der Waals surface area (Å²) in [6.45, 7) is -0.238. The van der Waals surface area contributed by atoms with Crippen LogP contribution in [-0.2, 0) is 20.9 Å². The van der Waals surface area contributed by atoms with Gasteiger partial charge in [0, 0.05) is 26.5 Å². The number of rotatable bonds is 5. The van der Waals surface area contributed by atoms with Gasteiger partial charge in [0.1, 0.15) is 11.8 Å². The maximum atomic E-state index is 14.0. The lowest BCUT2D eigenvalue weighted by Gasteiger charge is -2.30. The molecule has 1 N–H and O–H groups in total. The number of thiazole rings is 1. The molecule has 2 aliphatic rings. The average molecular weight is 647 g/mol. The number of nitrogens with zero attached hydrogens (tertiary/aromatic N) is 2. The van der Waals surface area contributed by atoms with Crippen LogP contribution in [0.3, 0.4) is 0 Å². The number of fused-ring (bicyclic) bond motifs is 3. The Morgan fingerprint density at radius 2 is 1.49 bits per heavy atom. The quantitative estimate of drug-likeness (QED) is 0.212. The van der Waals surface area contributed by atoms with Gasteiger partial charge < -0.3 is 5.32 Å². The Hall–Kier alpha value is -3.89. The zero-order chi connectivity index (χ0) is 29.8. The van der Waals surface area contributed by atoms with E-state index in [1.165, 1.54) is 21.2 Å². The molecule has 1 aromatic heterocycles. The van der Waals surface area contributed by atoms with E-state index in [1.807, 2.05) is 54.6 Å². The second kappa shape index (κ2) is 11.0. The van der Waals surface area contributed by atoms with Crippen molar-refractivity contribution in [2.45, 2.75) is 22.7 Å². The summed E-state index contributed by atoms with van der Waals surface area (Å²) in [5, 5.41) is 5.66. The molecule has 0 bridgehead atoms. The third-order valence-corrected chi connectivity index (χ3v) is 10.8. The Kier molecular flexibility index (Phi) is 7.13. The Bertz CT molecular complexity index is 1990. The first-order valence-corrected chi connectivity index (χ1v) is 15.8. The lowest BCUT2D eigenvalue weighted by atomic mass is 9.83. The van der Waals surface area contributed by atoms with Crippen LogP contribution in [-0.4, -0.2) is 27.5 Å². The molecular formula is C32H21Cl2N3O4S2. The van der Waals surface area contributed by atoms with E-state index in [0.29, 0.717) is 31.3 Å². The molecule has 0 saturated carbocycles. The summed E-state index contributed by atoms with van der Waals surface area (Å²) < 4.78 is 1.41. The smallest absolute Gasteiger partial charge is 0.308 e. The van der Waals surface area contributed by atoms with Crippen LogP contribution in [0.5, 0.6) is 0 Å². The maximum Gasteiger partial charge on any atom is 0.308 e. The van der Waals surface area contributed by atoms with E-state index < -0.39 is 17.1 Å². The standard InChI is InChI=1S/C32H21Cl2N3O4S2/c33-20-8-5-18(6-9-20)25-26-27(30(40)37(29(26)39)23-13-10-21(34)11-14-23)42-31-28(25)43-32(41)36(31)16-24(38)35-22-12-7-17-3-1-2-4-19(17)15-22/h1-15,25-27H,16H2,(H,35,38). The number of anilines is 2. The van der Waals surface area contributed by atoms with Crippen molar-refractivity contribution < 1.29 is 14.4 Å². The zero-order valence-electron chi connectivity index (χ0n) is 22.2. The van der Waals surface area contributed by atoms with Crippen LogP contribution < -0.4 is 15.1 Å². The molecule has 3 amide bonds. The number of carbonyl (C=O) groups is 3. The van der Waals surface area contributed by atoms with Gasteiger partial charge in [0.05, 0.1) is 16.6 Å². The fourth-order valence-electron chi connectivity index (χ4n) is 5.74. The third-order valence-electron chi connectivity index (χ3n) is 7.70. The van der Waals surface area contributed by atoms with Gasteiger partial charge in [-0.25, -0.2) is 4.90 Å². The highest BCUT2D eigenvalue weighted by Crippen LogP contribution is 2.54. The minimum absolute atomic E-state index is 0.238. The molecule has 7 nitrogen and oxygen atoms in total. The molecule has 7 rings (SSSR count). The Morgan fingerprint density at radius 1 is 0.814 bits per heavy atom. The van der Waals surface area contributed by atoms with Crippen LogP contribution in [0.25, 0.3) is 10.8 Å². The number of benzene rings is 4. The molecule has 4 aromatic carbocycles. The summed E-state index contributed by atoms with van der Waals surface area (Å²) in [5.74, 6) is -2.43. The van der Waals surface area contributed by atoms with Gasteiger partial charge in [0.25, 0.3) is 0 Å². The van der Waals surface area contributed by atoms with Crippen molar-refractivity contribution in [2.24, 2.45) is 5.92 Å². The van der Waals surface area contributed by atoms with Crippen LogP contribution in [0, 0.1) is 5.92 Å². The van der Waals surface area contributed by atoms with Gasteiger partial charge in [-0.15, -0.1) is 0 Å². The number of halogens is 2. The van der Waals surface area contributed by atoms with Crippen molar-refractivity contribution in [3.8, 4) is 0 Å². The van der Waals surface area contributed by atoms with E-state index in [2.05, 4.69) is 5.32 Å². The van der Waals surface area contributed by atoms with E-state index in [9.17, 15) is 19.2 Å². The number of thioether (sulfide) groups is 1. The number of imide groups is 1. The van der Waals surface area contributed by atoms with Crippen LogP contribution in [0.15, 0.2) is 101 Å². The molecule has 43 heavy (non-hydrogen) atoms. The number of hydrogen-bond acceptors (Lipinski definition) is 6. The number of aromatic nitrogens is 1. The van der Waals surface area contributed by atoms with Crippen molar-refractivity contribution in [1.82, 2.24) is 4.57 Å². The molecular weight excluding hydrogens is 625 g/mol. The van der Waals surface area contributed by atoms with Crippen molar-refractivity contribution >= 4 is 86.2 Å². The molecule has 214 valence electrons. The second-order valence-corrected chi connectivity index (χ2v) is 13.3. The summed E-state index contributed by atoms with van der Waals surface area (Å²) in [5.41, 5.74) is 1.80. The van der Waals surface area contributed by atoms with Crippen molar-refractivity contribution in [3.63, 3.8) is 0 Å². The number of nitrogens with one attached hydrogen (secondary N) is 1. The van der Waals surface area contributed by atoms with Crippen molar-refractivity contribution in [2.75, 3.05) is 10.2 Å². The molecule has 1 saturated heterocycles. The van der Waals surface area contributed by atoms with Gasteiger partial charge in [-0.05, 0) is 64.9 Å². The molecule has 2 aliphatic heterocycles. The Morgan fingerprint density at radius 3 is 2.21 bits per heavy atom. The fourth-order valence-corrected chi connectivity index (χ4v) is 8.77. The number of amides is 3. The molecule has 3 heterocycles. The number of hydrogen-bond donors (Lipinski definition) is 1. The highest BCUT2D eigenvalue weighted by Gasteiger charge is 2.56. The van der Waals surface area contributed by atoms with Crippen LogP contribution in [0.2, 0.25) is 10.0 Å². The minimum Gasteiger partial charge on any atom is -0.325 e. The summed E-state index contributed by atoms with van der Waals surface area (Å²) in [4.78, 5) is 55.9. The zero-order valence-corrected chi connectivity index (χ0v) is 25.3. The number of carbonyl (C=O) groups excluding carboxylic acids is 3. The van der Waals surface area contributed by atoms with Crippen molar-refractivity contribution in [3.05, 3.63) is 121 Å². The van der Waals surface area contributed by atoms with Crippen LogP contribution >= 0.6 is 46.3 Å². The summed E-state index contributed by atoms with van der Waals surface area (Å²) >= 11 is 14.4. The topological polar surface area (TPSA) is 88.5 Å². The lowest BCUT2D eigenvalue weighted by Crippen LogP contribution is -2.33. The minimum atomic E-state index is -0.792. The Labute approximate surface area is 264 Å². The highest BCUT2D eigenvalue weighted by atomic mass is 35.5. The molecule has 3 atom stereocenters. The molecule has 11 heteroatoms. The lowest BCUT2D eigenvalue weighted by molar-refractivity contribution is -0.122. The molecule has 0 aliphatic carbocycles. The first kappa shape index (κ1) is 27.9. The van der Waals surface area contributed by atoms with E-state index in [4.69, 9.17) is 23.2 Å². The third kappa shape index (κ3) is 4.96. The van der Waals surface area contributed by atoms with Gasteiger partial charge in [0.2, 0.25) is 17.7 Å². The van der Waals surface area contributed by atoms with Gasteiger partial charge in [-0.2, -0.15) is 0 Å². The fraction of sp³-hybridized carbons (Fsp3) is 0.125. The molecule has 5 aromatic rings. The molecule has 0 radical (unpaired) electrons. The van der Waals surface area contributed by atoms with E-state index in [-0.39, 0.29) is 29.1 Å². The first-order chi connectivity index (χ1) is 20.8. The summed E-state index contributed by atoms with van der Waals surface area (Å²) in [7, 11) is 0. The maximum absolute atomic E-state index is 14.0. The van der Waals surface area contributed by atoms with E-state index >= 15 is 0 Å². The second-order valence-electron chi connectivity index (χ2n) is 10.3.